The fraction of sp³-hybridized carbons (Fsp3) is 0.333. The van der Waals surface area contributed by atoms with Crippen molar-refractivity contribution in [2.24, 2.45) is 0 Å². The van der Waals surface area contributed by atoms with Crippen molar-refractivity contribution in [3.05, 3.63) is 24.0 Å². The van der Waals surface area contributed by atoms with Crippen molar-refractivity contribution in [3.63, 3.8) is 0 Å². The van der Waals surface area contributed by atoms with Crippen molar-refractivity contribution in [2.45, 2.75) is 20.8 Å². The molecule has 2 rings (SSSR count). The van der Waals surface area contributed by atoms with Gasteiger partial charge < -0.3 is 0 Å². The maximum absolute atomic E-state index is 4.22. The van der Waals surface area contributed by atoms with E-state index in [-0.39, 0.29) is 0 Å². The zero-order valence-electron chi connectivity index (χ0n) is 7.63. The Kier molecular flexibility index (Phi) is 2.80. The molecular formula is C9H13N3. The van der Waals surface area contributed by atoms with Gasteiger partial charge in [-0.05, 0) is 19.1 Å². The Morgan fingerprint density at radius 3 is 2.75 bits per heavy atom. The van der Waals surface area contributed by atoms with Crippen LogP contribution in [0.5, 0.6) is 0 Å². The summed E-state index contributed by atoms with van der Waals surface area (Å²) >= 11 is 0. The fourth-order valence-electron chi connectivity index (χ4n) is 0.924. The predicted molar refractivity (Wildman–Crippen MR) is 50.0 cm³/mol. The predicted octanol–water partition coefficient (Wildman–Crippen LogP) is 2.29. The summed E-state index contributed by atoms with van der Waals surface area (Å²) in [7, 11) is 0. The van der Waals surface area contributed by atoms with Crippen molar-refractivity contribution in [1.82, 2.24) is 15.2 Å². The van der Waals surface area contributed by atoms with Crippen molar-refractivity contribution in [3.8, 4) is 0 Å². The van der Waals surface area contributed by atoms with Gasteiger partial charge in [-0.15, -0.1) is 0 Å². The molecule has 0 saturated heterocycles. The molecule has 2 heterocycles. The second-order valence-corrected chi connectivity index (χ2v) is 2.26. The Bertz CT molecular complexity index is 351. The summed E-state index contributed by atoms with van der Waals surface area (Å²) in [6.45, 7) is 5.96. The highest BCUT2D eigenvalue weighted by Crippen LogP contribution is 2.06. The molecule has 12 heavy (non-hydrogen) atoms. The normalized spacial score (nSPS) is 9.25. The Balaban J connectivity index is 0.000000336. The van der Waals surface area contributed by atoms with Crippen LogP contribution in [0.3, 0.4) is 0 Å². The van der Waals surface area contributed by atoms with E-state index in [0.717, 1.165) is 16.7 Å². The highest BCUT2D eigenvalue weighted by Gasteiger charge is 1.93. The third-order valence-electron chi connectivity index (χ3n) is 1.44. The molecule has 64 valence electrons. The van der Waals surface area contributed by atoms with Gasteiger partial charge in [0.25, 0.3) is 0 Å². The average Bonchev–Trinajstić information content (AvgIpc) is 2.54. The number of nitrogens with one attached hydrogen (secondary N) is 1. The van der Waals surface area contributed by atoms with E-state index < -0.39 is 0 Å². The van der Waals surface area contributed by atoms with Gasteiger partial charge in [0, 0.05) is 11.1 Å². The molecule has 0 amide bonds. The number of pyridine rings is 1. The molecule has 2 aromatic heterocycles. The number of aryl methyl sites for hydroxylation is 1. The van der Waals surface area contributed by atoms with Crippen LogP contribution in [0.4, 0.5) is 0 Å². The van der Waals surface area contributed by atoms with Gasteiger partial charge in [-0.25, -0.2) is 4.98 Å². The molecule has 0 aliphatic heterocycles. The van der Waals surface area contributed by atoms with Crippen LogP contribution in [0.25, 0.3) is 11.0 Å². The van der Waals surface area contributed by atoms with E-state index in [1.807, 2.05) is 32.9 Å². The van der Waals surface area contributed by atoms with Crippen LogP contribution in [-0.2, 0) is 0 Å². The fourth-order valence-corrected chi connectivity index (χ4v) is 0.924. The van der Waals surface area contributed by atoms with Crippen molar-refractivity contribution >= 4 is 11.0 Å². The molecule has 0 aliphatic rings. The molecule has 0 aliphatic carbocycles. The molecule has 0 spiro atoms. The van der Waals surface area contributed by atoms with Crippen molar-refractivity contribution in [2.75, 3.05) is 0 Å². The van der Waals surface area contributed by atoms with E-state index in [9.17, 15) is 0 Å². The van der Waals surface area contributed by atoms with Crippen LogP contribution in [0, 0.1) is 6.92 Å². The third-order valence-corrected chi connectivity index (χ3v) is 1.44. The summed E-state index contributed by atoms with van der Waals surface area (Å²) in [5, 5.41) is 7.71. The van der Waals surface area contributed by atoms with Gasteiger partial charge in [0.05, 0.1) is 6.20 Å². The molecule has 0 saturated carbocycles. The molecule has 3 heteroatoms. The second-order valence-electron chi connectivity index (χ2n) is 2.26. The number of H-pyrrole nitrogens is 1. The standard InChI is InChI=1S/C7H7N3.C2H6/c1-5-2-3-6-4-8-10-7(6)9-5;1-2/h2-4H,1H3,(H,8,9,10);1-2H3. The van der Waals surface area contributed by atoms with Crippen LogP contribution in [0.2, 0.25) is 0 Å². The molecule has 0 aromatic carbocycles. The number of hydrogen-bond acceptors (Lipinski definition) is 2. The summed E-state index contributed by atoms with van der Waals surface area (Å²) in [5.41, 5.74) is 1.87. The largest absolute Gasteiger partial charge is 0.261 e. The van der Waals surface area contributed by atoms with Gasteiger partial charge in [-0.1, -0.05) is 13.8 Å². The molecule has 0 radical (unpaired) electrons. The van der Waals surface area contributed by atoms with Crippen LogP contribution >= 0.6 is 0 Å². The SMILES string of the molecule is CC.Cc1ccc2cn[nH]c2n1. The number of fused-ring (bicyclic) bond motifs is 1. The zero-order chi connectivity index (χ0) is 8.97. The first-order chi connectivity index (χ1) is 5.86. The molecule has 0 atom stereocenters. The zero-order valence-corrected chi connectivity index (χ0v) is 7.63. The molecule has 2 aromatic rings. The van der Waals surface area contributed by atoms with Crippen molar-refractivity contribution < 1.29 is 0 Å². The maximum atomic E-state index is 4.22. The quantitative estimate of drug-likeness (QED) is 0.647. The lowest BCUT2D eigenvalue weighted by molar-refractivity contribution is 1.09. The Hall–Kier alpha value is -1.38. The van der Waals surface area contributed by atoms with Crippen LogP contribution in [0.1, 0.15) is 19.5 Å². The number of aromatic nitrogens is 3. The van der Waals surface area contributed by atoms with E-state index >= 15 is 0 Å². The monoisotopic (exact) mass is 163 g/mol. The highest BCUT2D eigenvalue weighted by atomic mass is 15.1. The first-order valence-corrected chi connectivity index (χ1v) is 4.13. The number of aromatic amines is 1. The lowest BCUT2D eigenvalue weighted by Crippen LogP contribution is -1.79. The van der Waals surface area contributed by atoms with Crippen molar-refractivity contribution in [1.29, 1.82) is 0 Å². The maximum Gasteiger partial charge on any atom is 0.155 e. The Morgan fingerprint density at radius 2 is 2.00 bits per heavy atom. The molecular weight excluding hydrogens is 150 g/mol. The summed E-state index contributed by atoms with van der Waals surface area (Å²) in [6.07, 6.45) is 1.77. The molecule has 0 unspecified atom stereocenters. The summed E-state index contributed by atoms with van der Waals surface area (Å²) in [6, 6.07) is 3.97. The topological polar surface area (TPSA) is 41.6 Å². The lowest BCUT2D eigenvalue weighted by atomic mass is 10.3. The van der Waals surface area contributed by atoms with E-state index in [0.29, 0.717) is 0 Å². The van der Waals surface area contributed by atoms with E-state index in [4.69, 9.17) is 0 Å². The third kappa shape index (κ3) is 1.61. The van der Waals surface area contributed by atoms with Crippen LogP contribution in [0.15, 0.2) is 18.3 Å². The van der Waals surface area contributed by atoms with E-state index in [1.54, 1.807) is 6.20 Å². The van der Waals surface area contributed by atoms with E-state index in [1.165, 1.54) is 0 Å². The first-order valence-electron chi connectivity index (χ1n) is 4.13. The molecule has 3 nitrogen and oxygen atoms in total. The second kappa shape index (κ2) is 3.85. The minimum Gasteiger partial charge on any atom is -0.261 e. The number of hydrogen-bond donors (Lipinski definition) is 1. The smallest absolute Gasteiger partial charge is 0.155 e. The van der Waals surface area contributed by atoms with Gasteiger partial charge in [0.15, 0.2) is 5.65 Å². The Labute approximate surface area is 71.8 Å². The summed E-state index contributed by atoms with van der Waals surface area (Å²) in [4.78, 5) is 4.22. The number of nitrogens with zero attached hydrogens (tertiary/aromatic N) is 2. The highest BCUT2D eigenvalue weighted by molar-refractivity contribution is 5.73. The first kappa shape index (κ1) is 8.71. The summed E-state index contributed by atoms with van der Waals surface area (Å²) in [5.74, 6) is 0. The van der Waals surface area contributed by atoms with Gasteiger partial charge in [-0.2, -0.15) is 5.10 Å². The van der Waals surface area contributed by atoms with E-state index in [2.05, 4.69) is 15.2 Å². The minimum absolute atomic E-state index is 0.861. The van der Waals surface area contributed by atoms with Crippen LogP contribution < -0.4 is 0 Å². The lowest BCUT2D eigenvalue weighted by Gasteiger charge is -1.88. The Morgan fingerprint density at radius 1 is 1.25 bits per heavy atom. The van der Waals surface area contributed by atoms with Gasteiger partial charge in [-0.3, -0.25) is 5.10 Å². The van der Waals surface area contributed by atoms with Crippen LogP contribution in [-0.4, -0.2) is 15.2 Å². The van der Waals surface area contributed by atoms with Gasteiger partial charge in [0.1, 0.15) is 0 Å². The number of rotatable bonds is 0. The van der Waals surface area contributed by atoms with Gasteiger partial charge in [0.2, 0.25) is 0 Å². The average molecular weight is 163 g/mol. The molecule has 1 N–H and O–H groups in total. The molecule has 0 bridgehead atoms. The minimum atomic E-state index is 0.861. The van der Waals surface area contributed by atoms with Gasteiger partial charge >= 0.3 is 0 Å². The summed E-state index contributed by atoms with van der Waals surface area (Å²) < 4.78 is 0. The molecule has 0 fully saturated rings.